The van der Waals surface area contributed by atoms with Crippen molar-refractivity contribution >= 4 is 17.8 Å². The van der Waals surface area contributed by atoms with Gasteiger partial charge in [0.2, 0.25) is 5.91 Å². The molecule has 3 aliphatic heterocycles. The van der Waals surface area contributed by atoms with Crippen LogP contribution in [-0.4, -0.2) is 95.6 Å². The Morgan fingerprint density at radius 2 is 1.65 bits per heavy atom. The first kappa shape index (κ1) is 24.8. The molecular weight excluding hydrogens is 428 g/mol. The predicted octanol–water partition coefficient (Wildman–Crippen LogP) is 2.72. The number of rotatable bonds is 3. The van der Waals surface area contributed by atoms with Gasteiger partial charge in [-0.2, -0.15) is 0 Å². The number of aryl methyl sites for hydroxylation is 1. The molecule has 1 unspecified atom stereocenters. The number of anilines is 1. The molecule has 0 bridgehead atoms. The van der Waals surface area contributed by atoms with Crippen LogP contribution in [0.5, 0.6) is 0 Å². The molecule has 0 aliphatic carbocycles. The van der Waals surface area contributed by atoms with Crippen LogP contribution in [0.3, 0.4) is 0 Å². The number of pyridine rings is 1. The number of hydrogen-bond acceptors (Lipinski definition) is 5. The molecule has 3 aliphatic rings. The number of urea groups is 1. The van der Waals surface area contributed by atoms with E-state index in [9.17, 15) is 9.59 Å². The van der Waals surface area contributed by atoms with Crippen LogP contribution in [0, 0.1) is 12.8 Å². The normalized spacial score (nSPS) is 23.2. The summed E-state index contributed by atoms with van der Waals surface area (Å²) in [6.07, 6.45) is 4.04. The number of nitrogens with one attached hydrogen (secondary N) is 1. The average Bonchev–Trinajstić information content (AvgIpc) is 2.83. The standard InChI is InChI=1S/C26H42N6O2/c1-20-7-5-9-23(27-20)29-15-17-30(18-16-29)24(33)21-8-6-12-32(19-21)22-10-13-31(14-11-22)25(34)28-26(2,3)4/h5,7,9,21-22H,6,8,10-19H2,1-4H3,(H,28,34). The van der Waals surface area contributed by atoms with Crippen LogP contribution in [0.1, 0.15) is 52.1 Å². The van der Waals surface area contributed by atoms with Crippen LogP contribution < -0.4 is 10.2 Å². The molecule has 34 heavy (non-hydrogen) atoms. The fraction of sp³-hybridized carbons (Fsp3) is 0.731. The van der Waals surface area contributed by atoms with Crippen molar-refractivity contribution < 1.29 is 9.59 Å². The zero-order valence-electron chi connectivity index (χ0n) is 21.4. The van der Waals surface area contributed by atoms with Gasteiger partial charge in [0.25, 0.3) is 0 Å². The van der Waals surface area contributed by atoms with Crippen LogP contribution in [0.4, 0.5) is 10.6 Å². The topological polar surface area (TPSA) is 72.0 Å². The molecule has 0 saturated carbocycles. The van der Waals surface area contributed by atoms with E-state index < -0.39 is 0 Å². The highest BCUT2D eigenvalue weighted by Gasteiger charge is 2.35. The molecular formula is C26H42N6O2. The summed E-state index contributed by atoms with van der Waals surface area (Å²) in [5.41, 5.74) is 0.815. The maximum absolute atomic E-state index is 13.4. The first-order valence-electron chi connectivity index (χ1n) is 13.0. The van der Waals surface area contributed by atoms with Gasteiger partial charge in [-0.1, -0.05) is 6.07 Å². The summed E-state index contributed by atoms with van der Waals surface area (Å²) in [4.78, 5) is 39.3. The van der Waals surface area contributed by atoms with E-state index in [1.807, 2.05) is 44.7 Å². The molecule has 188 valence electrons. The van der Waals surface area contributed by atoms with Gasteiger partial charge >= 0.3 is 6.03 Å². The van der Waals surface area contributed by atoms with Gasteiger partial charge in [0.1, 0.15) is 5.82 Å². The van der Waals surface area contributed by atoms with Crippen molar-refractivity contribution in [2.75, 3.05) is 57.3 Å². The van der Waals surface area contributed by atoms with Crippen LogP contribution in [0.15, 0.2) is 18.2 Å². The van der Waals surface area contributed by atoms with Crippen LogP contribution in [0.25, 0.3) is 0 Å². The molecule has 8 nitrogen and oxygen atoms in total. The van der Waals surface area contributed by atoms with Crippen molar-refractivity contribution in [1.82, 2.24) is 25.0 Å². The molecule has 3 saturated heterocycles. The first-order valence-corrected chi connectivity index (χ1v) is 13.0. The number of piperazine rings is 1. The Kier molecular flexibility index (Phi) is 7.65. The van der Waals surface area contributed by atoms with Gasteiger partial charge in [0.15, 0.2) is 0 Å². The van der Waals surface area contributed by atoms with Gasteiger partial charge < -0.3 is 20.0 Å². The second kappa shape index (κ2) is 10.5. The Labute approximate surface area is 204 Å². The number of nitrogens with zero attached hydrogens (tertiary/aromatic N) is 5. The van der Waals surface area contributed by atoms with Gasteiger partial charge in [-0.3, -0.25) is 9.69 Å². The Hall–Kier alpha value is -2.35. The minimum atomic E-state index is -0.212. The van der Waals surface area contributed by atoms with Crippen molar-refractivity contribution in [3.8, 4) is 0 Å². The largest absolute Gasteiger partial charge is 0.353 e. The van der Waals surface area contributed by atoms with Crippen molar-refractivity contribution in [3.63, 3.8) is 0 Å². The highest BCUT2D eigenvalue weighted by atomic mass is 16.2. The lowest BCUT2D eigenvalue weighted by atomic mass is 9.92. The third-order valence-electron chi connectivity index (χ3n) is 7.34. The monoisotopic (exact) mass is 470 g/mol. The fourth-order valence-electron chi connectivity index (χ4n) is 5.49. The van der Waals surface area contributed by atoms with E-state index in [0.717, 1.165) is 89.6 Å². The molecule has 0 spiro atoms. The number of aromatic nitrogens is 1. The van der Waals surface area contributed by atoms with Crippen molar-refractivity contribution in [2.24, 2.45) is 5.92 Å². The van der Waals surface area contributed by atoms with E-state index in [4.69, 9.17) is 0 Å². The minimum Gasteiger partial charge on any atom is -0.353 e. The molecule has 1 aromatic rings. The van der Waals surface area contributed by atoms with E-state index in [-0.39, 0.29) is 17.5 Å². The van der Waals surface area contributed by atoms with Crippen LogP contribution >= 0.6 is 0 Å². The molecule has 1 N–H and O–H groups in total. The van der Waals surface area contributed by atoms with Gasteiger partial charge in [-0.15, -0.1) is 0 Å². The number of carbonyl (C=O) groups excluding carboxylic acids is 2. The molecule has 8 heteroatoms. The van der Waals surface area contributed by atoms with Crippen molar-refractivity contribution in [3.05, 3.63) is 23.9 Å². The van der Waals surface area contributed by atoms with E-state index in [0.29, 0.717) is 11.9 Å². The van der Waals surface area contributed by atoms with Crippen LogP contribution in [-0.2, 0) is 4.79 Å². The summed E-state index contributed by atoms with van der Waals surface area (Å²) in [6, 6.07) is 6.63. The summed E-state index contributed by atoms with van der Waals surface area (Å²) < 4.78 is 0. The lowest BCUT2D eigenvalue weighted by Gasteiger charge is -2.43. The highest BCUT2D eigenvalue weighted by Crippen LogP contribution is 2.26. The van der Waals surface area contributed by atoms with E-state index in [1.54, 1.807) is 0 Å². The maximum atomic E-state index is 13.4. The second-order valence-electron chi connectivity index (χ2n) is 11.2. The number of carbonyl (C=O) groups is 2. The molecule has 1 aromatic heterocycles. The first-order chi connectivity index (χ1) is 16.2. The van der Waals surface area contributed by atoms with Crippen molar-refractivity contribution in [1.29, 1.82) is 0 Å². The minimum absolute atomic E-state index is 0.0395. The Morgan fingerprint density at radius 1 is 0.941 bits per heavy atom. The average molecular weight is 471 g/mol. The van der Waals surface area contributed by atoms with E-state index >= 15 is 0 Å². The number of likely N-dealkylation sites (tertiary alicyclic amines) is 2. The maximum Gasteiger partial charge on any atom is 0.317 e. The summed E-state index contributed by atoms with van der Waals surface area (Å²) >= 11 is 0. The Balaban J connectivity index is 1.25. The molecule has 1 atom stereocenters. The predicted molar refractivity (Wildman–Crippen MR) is 135 cm³/mol. The quantitative estimate of drug-likeness (QED) is 0.736. The smallest absolute Gasteiger partial charge is 0.317 e. The summed E-state index contributed by atoms with van der Waals surface area (Å²) in [6.45, 7) is 14.8. The molecule has 0 aromatic carbocycles. The number of hydrogen-bond donors (Lipinski definition) is 1. The molecule has 4 rings (SSSR count). The zero-order chi connectivity index (χ0) is 24.3. The van der Waals surface area contributed by atoms with Gasteiger partial charge in [-0.05, 0) is 72.1 Å². The second-order valence-corrected chi connectivity index (χ2v) is 11.2. The van der Waals surface area contributed by atoms with E-state index in [2.05, 4.69) is 31.1 Å². The molecule has 3 amide bonds. The number of amides is 3. The van der Waals surface area contributed by atoms with Gasteiger partial charge in [0.05, 0.1) is 5.92 Å². The Morgan fingerprint density at radius 3 is 2.29 bits per heavy atom. The molecule has 3 fully saturated rings. The lowest BCUT2D eigenvalue weighted by Crippen LogP contribution is -2.56. The third-order valence-corrected chi connectivity index (χ3v) is 7.34. The number of piperidine rings is 2. The van der Waals surface area contributed by atoms with Crippen LogP contribution in [0.2, 0.25) is 0 Å². The molecule has 0 radical (unpaired) electrons. The summed E-state index contributed by atoms with van der Waals surface area (Å²) in [5, 5.41) is 3.07. The van der Waals surface area contributed by atoms with E-state index in [1.165, 1.54) is 0 Å². The summed E-state index contributed by atoms with van der Waals surface area (Å²) in [7, 11) is 0. The van der Waals surface area contributed by atoms with Crippen molar-refractivity contribution in [2.45, 2.75) is 65.0 Å². The SMILES string of the molecule is Cc1cccc(N2CCN(C(=O)C3CCCN(C4CCN(C(=O)NC(C)(C)C)CC4)C3)CC2)n1. The highest BCUT2D eigenvalue weighted by molar-refractivity contribution is 5.79. The molecule has 4 heterocycles. The van der Waals surface area contributed by atoms with Gasteiger partial charge in [0, 0.05) is 63.1 Å². The summed E-state index contributed by atoms with van der Waals surface area (Å²) in [5.74, 6) is 1.43. The Bertz CT molecular complexity index is 853. The van der Waals surface area contributed by atoms with Gasteiger partial charge in [-0.25, -0.2) is 9.78 Å². The fourth-order valence-corrected chi connectivity index (χ4v) is 5.49. The third kappa shape index (κ3) is 6.20. The lowest BCUT2D eigenvalue weighted by molar-refractivity contribution is -0.138. The zero-order valence-corrected chi connectivity index (χ0v) is 21.4.